The first-order chi connectivity index (χ1) is 12.0. The van der Waals surface area contributed by atoms with Gasteiger partial charge in [-0.2, -0.15) is 0 Å². The molecule has 1 aliphatic heterocycles. The third kappa shape index (κ3) is 4.21. The lowest BCUT2D eigenvalue weighted by molar-refractivity contribution is 0.0690. The highest BCUT2D eigenvalue weighted by Gasteiger charge is 2.22. The minimum Gasteiger partial charge on any atom is -0.339 e. The Labute approximate surface area is 147 Å². The van der Waals surface area contributed by atoms with Gasteiger partial charge in [-0.05, 0) is 49.9 Å². The van der Waals surface area contributed by atoms with Gasteiger partial charge in [-0.1, -0.05) is 19.1 Å². The van der Waals surface area contributed by atoms with Crippen LogP contribution in [0.5, 0.6) is 0 Å². The summed E-state index contributed by atoms with van der Waals surface area (Å²) >= 11 is 0. The van der Waals surface area contributed by atoms with Crippen LogP contribution in [-0.4, -0.2) is 39.9 Å². The zero-order valence-electron chi connectivity index (χ0n) is 14.5. The molecule has 1 N–H and O–H groups in total. The normalized spacial score (nSPS) is 15.0. The Morgan fingerprint density at radius 3 is 2.52 bits per heavy atom. The number of rotatable bonds is 4. The SMILES string of the molecule is CC(=O)c1cccc(Nc2ccc(C(=O)N3CCC(C)CC3)nn2)c1. The molecule has 6 heteroatoms. The number of likely N-dealkylation sites (tertiary alicyclic amines) is 1. The number of amides is 1. The second kappa shape index (κ2) is 7.42. The van der Waals surface area contributed by atoms with Gasteiger partial charge >= 0.3 is 0 Å². The highest BCUT2D eigenvalue weighted by atomic mass is 16.2. The van der Waals surface area contributed by atoms with Crippen molar-refractivity contribution >= 4 is 23.2 Å². The fraction of sp³-hybridized carbons (Fsp3) is 0.368. The number of hydrogen-bond donors (Lipinski definition) is 1. The van der Waals surface area contributed by atoms with E-state index < -0.39 is 0 Å². The molecular formula is C19H22N4O2. The molecule has 1 amide bonds. The van der Waals surface area contributed by atoms with Crippen molar-refractivity contribution < 1.29 is 9.59 Å². The number of nitrogens with one attached hydrogen (secondary N) is 1. The van der Waals surface area contributed by atoms with Crippen LogP contribution in [-0.2, 0) is 0 Å². The maximum atomic E-state index is 12.5. The molecule has 2 aromatic rings. The Hall–Kier alpha value is -2.76. The number of carbonyl (C=O) groups excluding carboxylic acids is 2. The Balaban J connectivity index is 1.67. The zero-order chi connectivity index (χ0) is 17.8. The maximum Gasteiger partial charge on any atom is 0.274 e. The zero-order valence-corrected chi connectivity index (χ0v) is 14.5. The number of ketones is 1. The van der Waals surface area contributed by atoms with E-state index in [4.69, 9.17) is 0 Å². The summed E-state index contributed by atoms with van der Waals surface area (Å²) in [5.41, 5.74) is 1.74. The van der Waals surface area contributed by atoms with Gasteiger partial charge in [0.2, 0.25) is 0 Å². The van der Waals surface area contributed by atoms with E-state index in [1.54, 1.807) is 24.3 Å². The van der Waals surface area contributed by atoms with Gasteiger partial charge in [-0.15, -0.1) is 10.2 Å². The van der Waals surface area contributed by atoms with Crippen molar-refractivity contribution in [3.63, 3.8) is 0 Å². The van der Waals surface area contributed by atoms with Gasteiger partial charge in [-0.25, -0.2) is 0 Å². The predicted molar refractivity (Wildman–Crippen MR) is 96.1 cm³/mol. The number of carbonyl (C=O) groups is 2. The van der Waals surface area contributed by atoms with Crippen molar-refractivity contribution in [1.29, 1.82) is 0 Å². The largest absolute Gasteiger partial charge is 0.339 e. The second-order valence-corrected chi connectivity index (χ2v) is 6.54. The van der Waals surface area contributed by atoms with E-state index in [1.165, 1.54) is 6.92 Å². The topological polar surface area (TPSA) is 75.2 Å². The summed E-state index contributed by atoms with van der Waals surface area (Å²) in [6.45, 7) is 5.29. The first-order valence-electron chi connectivity index (χ1n) is 8.54. The fourth-order valence-electron chi connectivity index (χ4n) is 2.85. The first kappa shape index (κ1) is 17.1. The fourth-order valence-corrected chi connectivity index (χ4v) is 2.85. The van der Waals surface area contributed by atoms with Crippen LogP contribution in [0.4, 0.5) is 11.5 Å². The van der Waals surface area contributed by atoms with Crippen molar-refractivity contribution in [3.05, 3.63) is 47.7 Å². The molecule has 25 heavy (non-hydrogen) atoms. The van der Waals surface area contributed by atoms with Crippen molar-refractivity contribution in [1.82, 2.24) is 15.1 Å². The molecular weight excluding hydrogens is 316 g/mol. The van der Waals surface area contributed by atoms with Gasteiger partial charge in [0.1, 0.15) is 0 Å². The molecule has 0 aliphatic carbocycles. The minimum atomic E-state index is -0.0653. The standard InChI is InChI=1S/C19H22N4O2/c1-13-8-10-23(11-9-13)19(25)17-6-7-18(22-21-17)20-16-5-3-4-15(12-16)14(2)24/h3-7,12-13H,8-11H2,1-2H3,(H,20,22). The first-order valence-corrected chi connectivity index (χ1v) is 8.54. The number of anilines is 2. The van der Waals surface area contributed by atoms with Gasteiger partial charge in [0, 0.05) is 24.3 Å². The van der Waals surface area contributed by atoms with Gasteiger partial charge in [-0.3, -0.25) is 9.59 Å². The average molecular weight is 338 g/mol. The van der Waals surface area contributed by atoms with Gasteiger partial charge in [0.05, 0.1) is 0 Å². The Morgan fingerprint density at radius 2 is 1.88 bits per heavy atom. The third-order valence-corrected chi connectivity index (χ3v) is 4.50. The molecule has 0 atom stereocenters. The molecule has 1 aromatic carbocycles. The molecule has 0 unspecified atom stereocenters. The van der Waals surface area contributed by atoms with Crippen LogP contribution >= 0.6 is 0 Å². The highest BCUT2D eigenvalue weighted by molar-refractivity contribution is 5.95. The van der Waals surface area contributed by atoms with Gasteiger partial charge in [0.15, 0.2) is 17.3 Å². The van der Waals surface area contributed by atoms with Crippen molar-refractivity contribution in [2.75, 3.05) is 18.4 Å². The molecule has 0 saturated carbocycles. The molecule has 2 heterocycles. The molecule has 1 aromatic heterocycles. The second-order valence-electron chi connectivity index (χ2n) is 6.54. The van der Waals surface area contributed by atoms with Gasteiger partial charge < -0.3 is 10.2 Å². The quantitative estimate of drug-likeness (QED) is 0.866. The lowest BCUT2D eigenvalue weighted by Gasteiger charge is -2.29. The molecule has 130 valence electrons. The van der Waals surface area contributed by atoms with E-state index in [9.17, 15) is 9.59 Å². The van der Waals surface area contributed by atoms with E-state index >= 15 is 0 Å². The predicted octanol–water partition coefficient (Wildman–Crippen LogP) is 3.29. The maximum absolute atomic E-state index is 12.5. The molecule has 1 aliphatic rings. The summed E-state index contributed by atoms with van der Waals surface area (Å²) in [7, 11) is 0. The monoisotopic (exact) mass is 338 g/mol. The summed E-state index contributed by atoms with van der Waals surface area (Å²) in [6, 6.07) is 10.6. The van der Waals surface area contributed by atoms with Crippen molar-refractivity contribution in [3.8, 4) is 0 Å². The lowest BCUT2D eigenvalue weighted by atomic mass is 9.99. The number of benzene rings is 1. The molecule has 0 spiro atoms. The number of Topliss-reactive ketones (excluding diaryl/α,β-unsaturated/α-hetero) is 1. The van der Waals surface area contributed by atoms with Crippen LogP contribution in [0.3, 0.4) is 0 Å². The summed E-state index contributed by atoms with van der Waals surface area (Å²) in [4.78, 5) is 25.7. The Morgan fingerprint density at radius 1 is 1.12 bits per heavy atom. The Kier molecular flexibility index (Phi) is 5.07. The lowest BCUT2D eigenvalue weighted by Crippen LogP contribution is -2.38. The van der Waals surface area contributed by atoms with Crippen LogP contribution in [0, 0.1) is 5.92 Å². The van der Waals surface area contributed by atoms with E-state index in [-0.39, 0.29) is 11.7 Å². The number of piperidine rings is 1. The highest BCUT2D eigenvalue weighted by Crippen LogP contribution is 2.19. The van der Waals surface area contributed by atoms with Crippen molar-refractivity contribution in [2.45, 2.75) is 26.7 Å². The van der Waals surface area contributed by atoms with Crippen LogP contribution in [0.1, 0.15) is 47.5 Å². The van der Waals surface area contributed by atoms with Crippen LogP contribution < -0.4 is 5.32 Å². The molecule has 0 bridgehead atoms. The number of nitrogens with zero attached hydrogens (tertiary/aromatic N) is 3. The molecule has 1 fully saturated rings. The van der Waals surface area contributed by atoms with E-state index in [2.05, 4.69) is 22.4 Å². The Bertz CT molecular complexity index is 765. The molecule has 6 nitrogen and oxygen atoms in total. The smallest absolute Gasteiger partial charge is 0.274 e. The molecule has 0 radical (unpaired) electrons. The summed E-state index contributed by atoms with van der Waals surface area (Å²) in [6.07, 6.45) is 2.07. The van der Waals surface area contributed by atoms with E-state index in [1.807, 2.05) is 17.0 Å². The van der Waals surface area contributed by atoms with Gasteiger partial charge in [0.25, 0.3) is 5.91 Å². The number of hydrogen-bond acceptors (Lipinski definition) is 5. The van der Waals surface area contributed by atoms with Crippen LogP contribution in [0.2, 0.25) is 0 Å². The molecule has 1 saturated heterocycles. The third-order valence-electron chi connectivity index (χ3n) is 4.50. The number of aromatic nitrogens is 2. The summed E-state index contributed by atoms with van der Waals surface area (Å²) < 4.78 is 0. The molecule has 3 rings (SSSR count). The summed E-state index contributed by atoms with van der Waals surface area (Å²) in [5, 5.41) is 11.2. The van der Waals surface area contributed by atoms with E-state index in [0.29, 0.717) is 23.0 Å². The van der Waals surface area contributed by atoms with E-state index in [0.717, 1.165) is 31.6 Å². The van der Waals surface area contributed by atoms with Crippen LogP contribution in [0.15, 0.2) is 36.4 Å². The van der Waals surface area contributed by atoms with Crippen LogP contribution in [0.25, 0.3) is 0 Å². The average Bonchev–Trinajstić information content (AvgIpc) is 2.63. The van der Waals surface area contributed by atoms with Crippen molar-refractivity contribution in [2.24, 2.45) is 5.92 Å². The summed E-state index contributed by atoms with van der Waals surface area (Å²) in [5.74, 6) is 1.15. The minimum absolute atomic E-state index is 0.00605.